The van der Waals surface area contributed by atoms with E-state index < -0.39 is 5.97 Å². The first-order valence-electron chi connectivity index (χ1n) is 10.8. The lowest BCUT2D eigenvalue weighted by Gasteiger charge is -2.49. The number of carboxylic acids is 1. The van der Waals surface area contributed by atoms with Gasteiger partial charge in [0, 0.05) is 23.7 Å². The van der Waals surface area contributed by atoms with E-state index in [1.165, 1.54) is 5.57 Å². The third-order valence-corrected chi connectivity index (χ3v) is 6.43. The van der Waals surface area contributed by atoms with Crippen LogP contribution in [0.3, 0.4) is 0 Å². The quantitative estimate of drug-likeness (QED) is 0.582. The lowest BCUT2D eigenvalue weighted by molar-refractivity contribution is -0.126. The van der Waals surface area contributed by atoms with Crippen molar-refractivity contribution in [2.45, 2.75) is 58.2 Å². The van der Waals surface area contributed by atoms with Crippen molar-refractivity contribution in [3.05, 3.63) is 65.2 Å². The molecule has 0 saturated carbocycles. The molecule has 1 N–H and O–H groups in total. The molecule has 2 aromatic rings. The molecule has 0 unspecified atom stereocenters. The van der Waals surface area contributed by atoms with Crippen molar-refractivity contribution in [2.24, 2.45) is 5.92 Å². The van der Waals surface area contributed by atoms with Crippen LogP contribution >= 0.6 is 0 Å². The Hall–Kier alpha value is -2.59. The highest BCUT2D eigenvalue weighted by atomic mass is 16.5. The Morgan fingerprint density at radius 2 is 1.97 bits per heavy atom. The molecule has 2 aliphatic rings. The van der Waals surface area contributed by atoms with Crippen molar-refractivity contribution in [1.82, 2.24) is 0 Å². The maximum Gasteiger partial charge on any atom is 0.335 e. The van der Waals surface area contributed by atoms with E-state index in [0.29, 0.717) is 5.92 Å². The van der Waals surface area contributed by atoms with Crippen LogP contribution in [-0.4, -0.2) is 23.3 Å². The van der Waals surface area contributed by atoms with Crippen LogP contribution in [0.1, 0.15) is 68.5 Å². The first-order valence-corrected chi connectivity index (χ1v) is 10.8. The Kier molecular flexibility index (Phi) is 5.70. The Labute approximate surface area is 178 Å². The second kappa shape index (κ2) is 8.27. The first-order chi connectivity index (χ1) is 14.4. The maximum atomic E-state index is 11.2. The van der Waals surface area contributed by atoms with Gasteiger partial charge in [0.2, 0.25) is 0 Å². The van der Waals surface area contributed by atoms with Crippen LogP contribution in [0.15, 0.2) is 54.1 Å². The number of carboxylic acid groups (broad SMARTS) is 1. The zero-order chi connectivity index (χ0) is 21.3. The lowest BCUT2D eigenvalue weighted by atomic mass is 9.72. The molecule has 1 fully saturated rings. The molecule has 0 aliphatic carbocycles. The minimum absolute atomic E-state index is 0.0393. The Morgan fingerprint density at radius 1 is 1.20 bits per heavy atom. The van der Waals surface area contributed by atoms with Gasteiger partial charge in [0.25, 0.3) is 0 Å². The minimum atomic E-state index is -0.918. The van der Waals surface area contributed by atoms with Gasteiger partial charge in [-0.3, -0.25) is 0 Å². The van der Waals surface area contributed by atoms with Crippen LogP contribution in [-0.2, 0) is 4.74 Å². The standard InChI is InChI=1S/C26H30O4/c1-17(2)7-5-15-26(3)22-10-6-16-29-24(22)21-9-4-8-20(23(21)30-26)18-11-13-19(14-12-18)25(27)28/h4,7-9,11-14,22,24H,5-6,10,15-16H2,1-3H3,(H,27,28)/t22-,24+,26-/m1/s1. The van der Waals surface area contributed by atoms with Crippen molar-refractivity contribution in [3.8, 4) is 16.9 Å². The number of allylic oxidation sites excluding steroid dienone is 2. The fourth-order valence-electron chi connectivity index (χ4n) is 4.82. The predicted octanol–water partition coefficient (Wildman–Crippen LogP) is 6.42. The number of fused-ring (bicyclic) bond motifs is 3. The van der Waals surface area contributed by atoms with Crippen molar-refractivity contribution in [2.75, 3.05) is 6.61 Å². The summed E-state index contributed by atoms with van der Waals surface area (Å²) in [6.07, 6.45) is 6.40. The summed E-state index contributed by atoms with van der Waals surface area (Å²) in [5.74, 6) is 0.288. The normalized spacial score (nSPS) is 24.9. The molecule has 0 bridgehead atoms. The Bertz CT molecular complexity index is 955. The van der Waals surface area contributed by atoms with E-state index >= 15 is 0 Å². The Balaban J connectivity index is 1.75. The van der Waals surface area contributed by atoms with Crippen molar-refractivity contribution >= 4 is 5.97 Å². The van der Waals surface area contributed by atoms with Gasteiger partial charge in [-0.2, -0.15) is 0 Å². The number of hydrogen-bond donors (Lipinski definition) is 1. The molecule has 2 aliphatic heterocycles. The number of benzene rings is 2. The molecular weight excluding hydrogens is 376 g/mol. The number of hydrogen-bond acceptors (Lipinski definition) is 3. The summed E-state index contributed by atoms with van der Waals surface area (Å²) in [4.78, 5) is 11.2. The molecule has 0 radical (unpaired) electrons. The molecule has 0 spiro atoms. The van der Waals surface area contributed by atoms with Crippen molar-refractivity contribution < 1.29 is 19.4 Å². The van der Waals surface area contributed by atoms with E-state index in [1.54, 1.807) is 12.1 Å². The second-order valence-electron chi connectivity index (χ2n) is 8.88. The van der Waals surface area contributed by atoms with E-state index in [4.69, 9.17) is 9.47 Å². The van der Waals surface area contributed by atoms with Gasteiger partial charge < -0.3 is 14.6 Å². The molecule has 4 rings (SSSR count). The highest BCUT2D eigenvalue weighted by molar-refractivity contribution is 5.88. The van der Waals surface area contributed by atoms with Crippen LogP contribution in [0.25, 0.3) is 11.1 Å². The van der Waals surface area contributed by atoms with Gasteiger partial charge in [0.1, 0.15) is 11.4 Å². The summed E-state index contributed by atoms with van der Waals surface area (Å²) in [6, 6.07) is 13.2. The van der Waals surface area contributed by atoms with Crippen LogP contribution in [0.2, 0.25) is 0 Å². The molecule has 158 valence electrons. The average Bonchev–Trinajstić information content (AvgIpc) is 2.73. The molecule has 0 amide bonds. The molecule has 4 heteroatoms. The third kappa shape index (κ3) is 3.89. The van der Waals surface area contributed by atoms with E-state index in [0.717, 1.165) is 54.7 Å². The highest BCUT2D eigenvalue weighted by Crippen LogP contribution is 2.53. The van der Waals surface area contributed by atoms with Gasteiger partial charge >= 0.3 is 5.97 Å². The fourth-order valence-corrected chi connectivity index (χ4v) is 4.82. The van der Waals surface area contributed by atoms with Gasteiger partial charge in [-0.15, -0.1) is 0 Å². The van der Waals surface area contributed by atoms with Crippen LogP contribution < -0.4 is 4.74 Å². The smallest absolute Gasteiger partial charge is 0.335 e. The fraction of sp³-hybridized carbons (Fsp3) is 0.423. The monoisotopic (exact) mass is 406 g/mol. The summed E-state index contributed by atoms with van der Waals surface area (Å²) in [5, 5.41) is 9.21. The van der Waals surface area contributed by atoms with E-state index in [1.807, 2.05) is 24.3 Å². The molecule has 2 aromatic carbocycles. The van der Waals surface area contributed by atoms with Gasteiger partial charge in [-0.1, -0.05) is 42.0 Å². The van der Waals surface area contributed by atoms with Crippen LogP contribution in [0.5, 0.6) is 5.75 Å². The summed E-state index contributed by atoms with van der Waals surface area (Å²) >= 11 is 0. The van der Waals surface area contributed by atoms with Gasteiger partial charge in [-0.25, -0.2) is 4.79 Å². The highest BCUT2D eigenvalue weighted by Gasteiger charge is 2.48. The third-order valence-electron chi connectivity index (χ3n) is 6.43. The summed E-state index contributed by atoms with van der Waals surface area (Å²) in [7, 11) is 0. The van der Waals surface area contributed by atoms with E-state index in [-0.39, 0.29) is 17.3 Å². The summed E-state index contributed by atoms with van der Waals surface area (Å²) < 4.78 is 13.1. The van der Waals surface area contributed by atoms with Gasteiger partial charge in [0.05, 0.1) is 11.7 Å². The number of aromatic carboxylic acids is 1. The zero-order valence-electron chi connectivity index (χ0n) is 18.0. The predicted molar refractivity (Wildman–Crippen MR) is 118 cm³/mol. The zero-order valence-corrected chi connectivity index (χ0v) is 18.0. The van der Waals surface area contributed by atoms with Crippen molar-refractivity contribution in [1.29, 1.82) is 0 Å². The molecule has 1 saturated heterocycles. The number of ether oxygens (including phenoxy) is 2. The molecular formula is C26H30O4. The number of para-hydroxylation sites is 1. The molecule has 0 aromatic heterocycles. The van der Waals surface area contributed by atoms with Gasteiger partial charge in [0.15, 0.2) is 0 Å². The van der Waals surface area contributed by atoms with E-state index in [9.17, 15) is 9.90 Å². The van der Waals surface area contributed by atoms with E-state index in [2.05, 4.69) is 32.9 Å². The summed E-state index contributed by atoms with van der Waals surface area (Å²) in [6.45, 7) is 7.27. The average molecular weight is 407 g/mol. The maximum absolute atomic E-state index is 11.2. The van der Waals surface area contributed by atoms with Crippen LogP contribution in [0.4, 0.5) is 0 Å². The molecule has 3 atom stereocenters. The Morgan fingerprint density at radius 3 is 2.67 bits per heavy atom. The molecule has 4 nitrogen and oxygen atoms in total. The van der Waals surface area contributed by atoms with Crippen molar-refractivity contribution in [3.63, 3.8) is 0 Å². The van der Waals surface area contributed by atoms with Crippen LogP contribution in [0, 0.1) is 5.92 Å². The number of carbonyl (C=O) groups is 1. The SMILES string of the molecule is CC(C)=CCC[C@@]1(C)Oc2c(-c3ccc(C(=O)O)cc3)cccc2[C@@H]2OCCC[C@H]21. The van der Waals surface area contributed by atoms with Gasteiger partial charge in [-0.05, 0) is 64.2 Å². The molecule has 2 heterocycles. The summed E-state index contributed by atoms with van der Waals surface area (Å²) in [5.41, 5.74) is 4.36. The second-order valence-corrected chi connectivity index (χ2v) is 8.88. The molecule has 30 heavy (non-hydrogen) atoms. The minimum Gasteiger partial charge on any atom is -0.486 e. The topological polar surface area (TPSA) is 55.8 Å². The largest absolute Gasteiger partial charge is 0.486 e. The number of rotatable bonds is 5. The first kappa shape index (κ1) is 20.7. The lowest BCUT2D eigenvalue weighted by Crippen LogP contribution is -2.49.